The Morgan fingerprint density at radius 2 is 1.81 bits per heavy atom. The van der Waals surface area contributed by atoms with Crippen molar-refractivity contribution in [3.05, 3.63) is 80.6 Å². The molecule has 1 amide bonds. The third-order valence-corrected chi connectivity index (χ3v) is 4.68. The number of aliphatic hydroxyl groups is 1. The minimum absolute atomic E-state index is 0.0875. The Labute approximate surface area is 162 Å². The van der Waals surface area contributed by atoms with Crippen molar-refractivity contribution < 1.29 is 9.90 Å². The van der Waals surface area contributed by atoms with Gasteiger partial charge in [0.05, 0.1) is 0 Å². The molecule has 2 aromatic carbocycles. The summed E-state index contributed by atoms with van der Waals surface area (Å²) in [5.41, 5.74) is 2.49. The summed E-state index contributed by atoms with van der Waals surface area (Å²) < 4.78 is 0. The van der Waals surface area contributed by atoms with Crippen LogP contribution in [0.15, 0.2) is 53.5 Å². The lowest BCUT2D eigenvalue weighted by Gasteiger charge is -2.07. The van der Waals surface area contributed by atoms with E-state index < -0.39 is 5.91 Å². The number of carbonyl (C=O) groups excluding carboxylic acids is 1. The normalized spacial score (nSPS) is 10.9. The van der Waals surface area contributed by atoms with Crippen molar-refractivity contribution in [3.8, 4) is 0 Å². The van der Waals surface area contributed by atoms with Crippen LogP contribution in [0, 0.1) is 0 Å². The van der Waals surface area contributed by atoms with Gasteiger partial charge in [0.25, 0.3) is 5.91 Å². The van der Waals surface area contributed by atoms with Crippen LogP contribution in [0.1, 0.15) is 34.3 Å². The number of rotatable bonds is 7. The summed E-state index contributed by atoms with van der Waals surface area (Å²) in [6.07, 6.45) is 3.93. The number of hydrogen-bond donors (Lipinski definition) is 3. The summed E-state index contributed by atoms with van der Waals surface area (Å²) in [6, 6.07) is 12.7. The van der Waals surface area contributed by atoms with Crippen LogP contribution in [-0.2, 0) is 13.0 Å². The standard InChI is InChI=1S/C21H21ClN2O3/c22-16-7-4-15(5-8-16)12-24-21(27)18-13-23-19-11-14(3-1-2-10-25)6-9-17(19)20(18)26/h4-9,11,13,25H,1-3,10,12H2,(H,23,26)(H,24,27). The van der Waals surface area contributed by atoms with E-state index in [-0.39, 0.29) is 17.6 Å². The quantitative estimate of drug-likeness (QED) is 0.546. The van der Waals surface area contributed by atoms with Crippen LogP contribution in [0.5, 0.6) is 0 Å². The highest BCUT2D eigenvalue weighted by molar-refractivity contribution is 6.30. The van der Waals surface area contributed by atoms with Gasteiger partial charge in [0.15, 0.2) is 0 Å². The van der Waals surface area contributed by atoms with Gasteiger partial charge in [0.1, 0.15) is 5.56 Å². The number of pyridine rings is 1. The highest BCUT2D eigenvalue weighted by Gasteiger charge is 2.13. The van der Waals surface area contributed by atoms with Crippen LogP contribution in [0.3, 0.4) is 0 Å². The third kappa shape index (κ3) is 4.76. The second kappa shape index (κ2) is 8.84. The molecule has 6 heteroatoms. The van der Waals surface area contributed by atoms with E-state index in [4.69, 9.17) is 16.7 Å². The molecule has 0 atom stereocenters. The first-order valence-electron chi connectivity index (χ1n) is 8.86. The van der Waals surface area contributed by atoms with Gasteiger partial charge in [-0.15, -0.1) is 0 Å². The molecule has 0 aliphatic rings. The molecule has 0 radical (unpaired) electrons. The van der Waals surface area contributed by atoms with Crippen molar-refractivity contribution >= 4 is 28.4 Å². The Morgan fingerprint density at radius 1 is 1.07 bits per heavy atom. The van der Waals surface area contributed by atoms with Crippen molar-refractivity contribution in [2.75, 3.05) is 6.61 Å². The van der Waals surface area contributed by atoms with Gasteiger partial charge in [-0.1, -0.05) is 29.8 Å². The molecule has 3 rings (SSSR count). The zero-order valence-electron chi connectivity index (χ0n) is 14.8. The summed E-state index contributed by atoms with van der Waals surface area (Å²) in [4.78, 5) is 28.1. The maximum absolute atomic E-state index is 12.7. The second-order valence-electron chi connectivity index (χ2n) is 6.40. The fourth-order valence-corrected chi connectivity index (χ4v) is 3.04. The molecule has 140 valence electrons. The number of fused-ring (bicyclic) bond motifs is 1. The number of H-pyrrole nitrogens is 1. The first kappa shape index (κ1) is 19.1. The van der Waals surface area contributed by atoms with Crippen LogP contribution in [-0.4, -0.2) is 22.6 Å². The number of halogens is 1. The number of amides is 1. The van der Waals surface area contributed by atoms with E-state index in [1.165, 1.54) is 6.20 Å². The van der Waals surface area contributed by atoms with E-state index in [1.54, 1.807) is 18.2 Å². The Bertz CT molecular complexity index is 996. The minimum atomic E-state index is -0.417. The van der Waals surface area contributed by atoms with Crippen molar-refractivity contribution in [2.45, 2.75) is 25.8 Å². The molecular weight excluding hydrogens is 364 g/mol. The number of unbranched alkanes of at least 4 members (excludes halogenated alkanes) is 1. The average Bonchev–Trinajstić information content (AvgIpc) is 2.68. The largest absolute Gasteiger partial charge is 0.396 e. The van der Waals surface area contributed by atoms with Gasteiger partial charge >= 0.3 is 0 Å². The Hall–Kier alpha value is -2.63. The fourth-order valence-electron chi connectivity index (χ4n) is 2.91. The number of benzene rings is 2. The van der Waals surface area contributed by atoms with E-state index in [2.05, 4.69) is 10.3 Å². The van der Waals surface area contributed by atoms with Gasteiger partial charge in [-0.05, 0) is 54.7 Å². The summed E-state index contributed by atoms with van der Waals surface area (Å²) in [6.45, 7) is 0.496. The van der Waals surface area contributed by atoms with Crippen LogP contribution >= 0.6 is 11.6 Å². The van der Waals surface area contributed by atoms with Crippen molar-refractivity contribution in [3.63, 3.8) is 0 Å². The average molecular weight is 385 g/mol. The molecule has 27 heavy (non-hydrogen) atoms. The maximum Gasteiger partial charge on any atom is 0.257 e. The van der Waals surface area contributed by atoms with Gasteiger partial charge in [-0.3, -0.25) is 9.59 Å². The smallest absolute Gasteiger partial charge is 0.257 e. The fraction of sp³-hybridized carbons (Fsp3) is 0.238. The minimum Gasteiger partial charge on any atom is -0.396 e. The topological polar surface area (TPSA) is 82.2 Å². The van der Waals surface area contributed by atoms with Crippen molar-refractivity contribution in [2.24, 2.45) is 0 Å². The number of nitrogens with one attached hydrogen (secondary N) is 2. The van der Waals surface area contributed by atoms with Crippen molar-refractivity contribution in [1.29, 1.82) is 0 Å². The van der Waals surface area contributed by atoms with Crippen LogP contribution in [0.4, 0.5) is 0 Å². The van der Waals surface area contributed by atoms with E-state index >= 15 is 0 Å². The molecule has 3 N–H and O–H groups in total. The monoisotopic (exact) mass is 384 g/mol. The molecule has 0 spiro atoms. The van der Waals surface area contributed by atoms with Gasteiger partial charge < -0.3 is 15.4 Å². The van der Waals surface area contributed by atoms with E-state index in [9.17, 15) is 9.59 Å². The molecule has 0 aliphatic carbocycles. The lowest BCUT2D eigenvalue weighted by Crippen LogP contribution is -2.28. The van der Waals surface area contributed by atoms with E-state index in [1.807, 2.05) is 24.3 Å². The molecule has 0 aliphatic heterocycles. The number of aromatic amines is 1. The van der Waals surface area contributed by atoms with Gasteiger partial charge in [-0.2, -0.15) is 0 Å². The first-order chi connectivity index (χ1) is 13.1. The lowest BCUT2D eigenvalue weighted by molar-refractivity contribution is 0.0949. The zero-order valence-corrected chi connectivity index (χ0v) is 15.6. The number of aliphatic hydroxyl groups excluding tert-OH is 1. The second-order valence-corrected chi connectivity index (χ2v) is 6.84. The Morgan fingerprint density at radius 3 is 2.56 bits per heavy atom. The molecule has 0 fully saturated rings. The van der Waals surface area contributed by atoms with E-state index in [0.717, 1.165) is 30.4 Å². The lowest BCUT2D eigenvalue weighted by atomic mass is 10.0. The molecule has 5 nitrogen and oxygen atoms in total. The predicted molar refractivity (Wildman–Crippen MR) is 107 cm³/mol. The number of aryl methyl sites for hydroxylation is 1. The molecule has 3 aromatic rings. The SMILES string of the molecule is O=C(NCc1ccc(Cl)cc1)c1c[nH]c2cc(CCCCO)ccc2c1=O. The number of aromatic nitrogens is 1. The predicted octanol–water partition coefficient (Wildman–Crippen LogP) is 3.43. The van der Waals surface area contributed by atoms with Crippen LogP contribution in [0.25, 0.3) is 10.9 Å². The highest BCUT2D eigenvalue weighted by Crippen LogP contribution is 2.14. The zero-order chi connectivity index (χ0) is 19.2. The van der Waals surface area contributed by atoms with E-state index in [0.29, 0.717) is 22.5 Å². The summed E-state index contributed by atoms with van der Waals surface area (Å²) in [5, 5.41) is 12.8. The molecular formula is C21H21ClN2O3. The third-order valence-electron chi connectivity index (χ3n) is 4.43. The summed E-state index contributed by atoms with van der Waals surface area (Å²) in [5.74, 6) is -0.417. The first-order valence-corrected chi connectivity index (χ1v) is 9.24. The molecule has 0 saturated heterocycles. The van der Waals surface area contributed by atoms with Gasteiger partial charge in [0, 0.05) is 35.3 Å². The maximum atomic E-state index is 12.7. The molecule has 1 aromatic heterocycles. The number of carbonyl (C=O) groups is 1. The Balaban J connectivity index is 1.75. The van der Waals surface area contributed by atoms with Crippen LogP contribution in [0.2, 0.25) is 5.02 Å². The summed E-state index contributed by atoms with van der Waals surface area (Å²) in [7, 11) is 0. The number of hydrogen-bond acceptors (Lipinski definition) is 3. The van der Waals surface area contributed by atoms with Crippen molar-refractivity contribution in [1.82, 2.24) is 10.3 Å². The highest BCUT2D eigenvalue weighted by atomic mass is 35.5. The van der Waals surface area contributed by atoms with Gasteiger partial charge in [-0.25, -0.2) is 0 Å². The Kier molecular flexibility index (Phi) is 6.27. The molecule has 0 bridgehead atoms. The van der Waals surface area contributed by atoms with Crippen LogP contribution < -0.4 is 10.7 Å². The molecule has 0 unspecified atom stereocenters. The van der Waals surface area contributed by atoms with Gasteiger partial charge in [0.2, 0.25) is 5.43 Å². The summed E-state index contributed by atoms with van der Waals surface area (Å²) >= 11 is 5.85. The molecule has 0 saturated carbocycles. The molecule has 1 heterocycles.